The van der Waals surface area contributed by atoms with Crippen molar-refractivity contribution in [2.45, 2.75) is 88.6 Å². The number of halogens is 1. The number of carbonyl (C=O) groups is 4. The van der Waals surface area contributed by atoms with Crippen LogP contribution in [0.25, 0.3) is 22.2 Å². The minimum atomic E-state index is -4.47. The maximum absolute atomic E-state index is 14.7. The summed E-state index contributed by atoms with van der Waals surface area (Å²) in [5, 5.41) is 6.10. The molecule has 2 fully saturated rings. The number of ether oxygens (including phenoxy) is 3. The Morgan fingerprint density at radius 3 is 2.27 bits per heavy atom. The molecule has 2 aliphatic rings. The van der Waals surface area contributed by atoms with Crippen LogP contribution in [-0.4, -0.2) is 85.1 Å². The molecule has 4 aromatic rings. The van der Waals surface area contributed by atoms with E-state index in [0.29, 0.717) is 28.1 Å². The third kappa shape index (κ3) is 9.54. The first kappa shape index (κ1) is 43.5. The second-order valence-electron chi connectivity index (χ2n) is 17.1. The monoisotopic (exact) mass is 843 g/mol. The maximum atomic E-state index is 14.7. The summed E-state index contributed by atoms with van der Waals surface area (Å²) in [6.07, 6.45) is -0.219. The van der Waals surface area contributed by atoms with Crippen molar-refractivity contribution < 1.29 is 46.2 Å². The van der Waals surface area contributed by atoms with Gasteiger partial charge >= 0.3 is 6.09 Å². The zero-order chi connectivity index (χ0) is 43.8. The molecule has 1 aliphatic heterocycles. The number of likely N-dealkylation sites (tertiary alicyclic amines) is 1. The minimum absolute atomic E-state index is 0.0210. The highest BCUT2D eigenvalue weighted by Gasteiger charge is 2.61. The number of pyridine rings is 1. The molecule has 2 heterocycles. The summed E-state index contributed by atoms with van der Waals surface area (Å²) in [5.74, 6) is -2.72. The number of carbonyl (C=O) groups excluding carboxylic acids is 4. The van der Waals surface area contributed by atoms with Crippen molar-refractivity contribution in [3.8, 4) is 22.8 Å². The number of hydrogen-bond acceptors (Lipinski definition) is 10. The lowest BCUT2D eigenvalue weighted by Crippen LogP contribution is -2.60. The summed E-state index contributed by atoms with van der Waals surface area (Å²) < 4.78 is 59.6. The summed E-state index contributed by atoms with van der Waals surface area (Å²) in [5.41, 5.74) is -1.48. The lowest BCUT2D eigenvalue weighted by molar-refractivity contribution is -0.143. The molecular weight excluding hydrogens is 794 g/mol. The van der Waals surface area contributed by atoms with Gasteiger partial charge < -0.3 is 29.7 Å². The second-order valence-corrected chi connectivity index (χ2v) is 18.8. The average Bonchev–Trinajstić information content (AvgIpc) is 3.74. The number of alkyl carbamates (subject to hydrolysis) is 1. The molecule has 1 aliphatic carbocycles. The summed E-state index contributed by atoms with van der Waals surface area (Å²) >= 11 is 0. The number of sulfonamides is 1. The van der Waals surface area contributed by atoms with Crippen LogP contribution in [0.1, 0.15) is 54.4 Å². The van der Waals surface area contributed by atoms with Crippen molar-refractivity contribution >= 4 is 44.7 Å². The lowest BCUT2D eigenvalue weighted by atomic mass is 9.85. The van der Waals surface area contributed by atoms with Gasteiger partial charge in [0.15, 0.2) is 0 Å². The van der Waals surface area contributed by atoms with Gasteiger partial charge in [-0.2, -0.15) is 0 Å². The van der Waals surface area contributed by atoms with Crippen molar-refractivity contribution in [2.24, 2.45) is 11.3 Å². The molecule has 1 saturated carbocycles. The van der Waals surface area contributed by atoms with E-state index < -0.39 is 80.3 Å². The SMILES string of the molecule is C=C[C@@H]1C[C@]1(NC(=O)[C@@H]1C[C@@H](Oc2cc(-c3ccccc3)nc3cc(OC)ccc23)CN1C(=O)[C@@H](NC(=O)OC(C)(C)C)C(C)(C)C)C(=O)NS(=O)(=O)c1ccc(F)cc1. The van der Waals surface area contributed by atoms with Gasteiger partial charge in [0.1, 0.15) is 46.6 Å². The smallest absolute Gasteiger partial charge is 0.408 e. The van der Waals surface area contributed by atoms with Gasteiger partial charge in [-0.1, -0.05) is 57.2 Å². The van der Waals surface area contributed by atoms with Crippen molar-refractivity contribution in [1.29, 1.82) is 0 Å². The third-order valence-corrected chi connectivity index (χ3v) is 11.7. The first-order chi connectivity index (χ1) is 28.1. The standard InChI is InChI=1S/C44H50FN5O9S/c1-9-27-24-44(27,40(53)49-60(55,56)31-18-15-28(45)16-19-31)48-38(51)35-22-30(25-50(35)39(52)37(42(2,3)4)47-41(54)59-43(5,6)7)58-36-23-33(26-13-11-10-12-14-26)46-34-21-29(57-8)17-20-32(34)36/h9-21,23,27,30,35,37H,1,22,24-25H2,2-8H3,(H,47,54)(H,48,51)(H,49,53)/t27-,30-,35+,37-,44-/m1/s1. The van der Waals surface area contributed by atoms with Crippen LogP contribution in [0.4, 0.5) is 9.18 Å². The molecule has 60 heavy (non-hydrogen) atoms. The fourth-order valence-corrected chi connectivity index (χ4v) is 8.21. The second kappa shape index (κ2) is 16.6. The number of amides is 4. The number of nitrogens with one attached hydrogen (secondary N) is 3. The van der Waals surface area contributed by atoms with E-state index in [1.54, 1.807) is 72.9 Å². The van der Waals surface area contributed by atoms with Crippen molar-refractivity contribution in [3.63, 3.8) is 0 Å². The highest BCUT2D eigenvalue weighted by Crippen LogP contribution is 2.45. The molecule has 6 rings (SSSR count). The van der Waals surface area contributed by atoms with Gasteiger partial charge in [-0.15, -0.1) is 6.58 Å². The Hall–Kier alpha value is -6.03. The predicted octanol–water partition coefficient (Wildman–Crippen LogP) is 5.90. The number of nitrogens with zero attached hydrogens (tertiary/aromatic N) is 2. The maximum Gasteiger partial charge on any atom is 0.408 e. The molecule has 3 aromatic carbocycles. The largest absolute Gasteiger partial charge is 0.497 e. The highest BCUT2D eigenvalue weighted by molar-refractivity contribution is 7.90. The van der Waals surface area contributed by atoms with Crippen molar-refractivity contribution in [3.05, 3.63) is 97.3 Å². The zero-order valence-electron chi connectivity index (χ0n) is 34.6. The quantitative estimate of drug-likeness (QED) is 0.145. The topological polar surface area (TPSA) is 182 Å². The fraction of sp³-hybridized carbons (Fsp3) is 0.386. The molecule has 0 unspecified atom stereocenters. The third-order valence-electron chi connectivity index (χ3n) is 10.4. The molecule has 318 valence electrons. The first-order valence-electron chi connectivity index (χ1n) is 19.4. The zero-order valence-corrected chi connectivity index (χ0v) is 35.4. The normalized spacial score (nSPS) is 20.7. The molecule has 4 amide bonds. The molecule has 1 saturated heterocycles. The van der Waals surface area contributed by atoms with Crippen molar-refractivity contribution in [1.82, 2.24) is 25.2 Å². The Bertz CT molecular complexity index is 2420. The Labute approximate surface area is 348 Å². The number of benzene rings is 3. The Morgan fingerprint density at radius 2 is 1.67 bits per heavy atom. The van der Waals surface area contributed by atoms with Crippen LogP contribution in [0.2, 0.25) is 0 Å². The van der Waals surface area contributed by atoms with Crippen LogP contribution in [0.3, 0.4) is 0 Å². The van der Waals surface area contributed by atoms with Crippen LogP contribution >= 0.6 is 0 Å². The fourth-order valence-electron chi connectivity index (χ4n) is 7.17. The number of fused-ring (bicyclic) bond motifs is 1. The van der Waals surface area contributed by atoms with Gasteiger partial charge in [-0.3, -0.25) is 14.4 Å². The number of rotatable bonds is 12. The predicted molar refractivity (Wildman–Crippen MR) is 222 cm³/mol. The van der Waals surface area contributed by atoms with Gasteiger partial charge in [0.25, 0.3) is 15.9 Å². The van der Waals surface area contributed by atoms with E-state index in [2.05, 4.69) is 17.2 Å². The van der Waals surface area contributed by atoms with E-state index in [9.17, 15) is 32.0 Å². The van der Waals surface area contributed by atoms with Gasteiger partial charge in [-0.05, 0) is 69.0 Å². The Morgan fingerprint density at radius 1 is 0.983 bits per heavy atom. The molecule has 3 N–H and O–H groups in total. The lowest BCUT2D eigenvalue weighted by Gasteiger charge is -2.36. The molecule has 14 nitrogen and oxygen atoms in total. The molecule has 0 spiro atoms. The van der Waals surface area contributed by atoms with E-state index in [-0.39, 0.29) is 24.3 Å². The van der Waals surface area contributed by atoms with Gasteiger partial charge in [0, 0.05) is 35.4 Å². The van der Waals surface area contributed by atoms with Crippen molar-refractivity contribution in [2.75, 3.05) is 13.7 Å². The van der Waals surface area contributed by atoms with E-state index in [4.69, 9.17) is 19.2 Å². The van der Waals surface area contributed by atoms with Crippen LogP contribution in [0.15, 0.2) is 96.4 Å². The highest BCUT2D eigenvalue weighted by atomic mass is 32.2. The Kier molecular flexibility index (Phi) is 12.0. The molecule has 1 aromatic heterocycles. The summed E-state index contributed by atoms with van der Waals surface area (Å²) in [4.78, 5) is 62.0. The average molecular weight is 844 g/mol. The summed E-state index contributed by atoms with van der Waals surface area (Å²) in [6, 6.07) is 18.1. The minimum Gasteiger partial charge on any atom is -0.497 e. The number of aromatic nitrogens is 1. The Balaban J connectivity index is 1.35. The summed E-state index contributed by atoms with van der Waals surface area (Å²) in [7, 11) is -2.92. The van der Waals surface area contributed by atoms with E-state index in [1.165, 1.54) is 11.0 Å². The van der Waals surface area contributed by atoms with Crippen LogP contribution in [-0.2, 0) is 29.1 Å². The molecule has 5 atom stereocenters. The van der Waals surface area contributed by atoms with Crippen LogP contribution < -0.4 is 24.8 Å². The van der Waals surface area contributed by atoms with E-state index in [0.717, 1.165) is 29.8 Å². The van der Waals surface area contributed by atoms with E-state index >= 15 is 0 Å². The molecule has 16 heteroatoms. The molecular formula is C44H50FN5O9S. The van der Waals surface area contributed by atoms with Gasteiger partial charge in [-0.25, -0.2) is 27.3 Å². The number of methoxy groups -OCH3 is 1. The number of hydrogen-bond donors (Lipinski definition) is 3. The molecule has 0 radical (unpaired) electrons. The van der Waals surface area contributed by atoms with Gasteiger partial charge in [0.2, 0.25) is 11.8 Å². The first-order valence-corrected chi connectivity index (χ1v) is 20.9. The molecule has 0 bridgehead atoms. The van der Waals surface area contributed by atoms with Crippen LogP contribution in [0.5, 0.6) is 11.5 Å². The van der Waals surface area contributed by atoms with Gasteiger partial charge in [0.05, 0.1) is 29.8 Å². The van der Waals surface area contributed by atoms with Crippen LogP contribution in [0, 0.1) is 17.2 Å². The summed E-state index contributed by atoms with van der Waals surface area (Å²) in [6.45, 7) is 14.0. The van der Waals surface area contributed by atoms with E-state index in [1.807, 2.05) is 35.1 Å².